The maximum atomic E-state index is 13.5. The zero-order valence-corrected chi connectivity index (χ0v) is 15.6. The number of halogens is 1. The molecule has 142 valence electrons. The summed E-state index contributed by atoms with van der Waals surface area (Å²) in [6.07, 6.45) is 0. The number of carbonyl (C=O) groups is 2. The van der Waals surface area contributed by atoms with E-state index in [-0.39, 0.29) is 47.8 Å². The minimum absolute atomic E-state index is 0.0907. The molecule has 4 heteroatoms. The van der Waals surface area contributed by atoms with Crippen molar-refractivity contribution in [2.75, 3.05) is 0 Å². The molecule has 0 N–H and O–H groups in total. The summed E-state index contributed by atoms with van der Waals surface area (Å²) in [4.78, 5) is 28.3. The zero-order valence-electron chi connectivity index (χ0n) is 15.6. The third-order valence-electron chi connectivity index (χ3n) is 6.79. The highest BCUT2D eigenvalue weighted by Crippen LogP contribution is 2.61. The highest BCUT2D eigenvalue weighted by Gasteiger charge is 2.61. The van der Waals surface area contributed by atoms with E-state index in [2.05, 4.69) is 24.3 Å². The van der Waals surface area contributed by atoms with Gasteiger partial charge in [-0.15, -0.1) is 0 Å². The van der Waals surface area contributed by atoms with Crippen LogP contribution in [0.3, 0.4) is 0 Å². The van der Waals surface area contributed by atoms with E-state index in [1.807, 2.05) is 24.3 Å². The molecule has 29 heavy (non-hydrogen) atoms. The lowest BCUT2D eigenvalue weighted by molar-refractivity contribution is -0.140. The first-order valence-electron chi connectivity index (χ1n) is 9.92. The van der Waals surface area contributed by atoms with Crippen molar-refractivity contribution in [3.05, 3.63) is 106 Å². The highest BCUT2D eigenvalue weighted by atomic mass is 19.1. The van der Waals surface area contributed by atoms with Crippen molar-refractivity contribution in [3.63, 3.8) is 0 Å². The van der Waals surface area contributed by atoms with Gasteiger partial charge in [0.1, 0.15) is 5.82 Å². The topological polar surface area (TPSA) is 37.4 Å². The molecule has 4 aliphatic rings. The summed E-state index contributed by atoms with van der Waals surface area (Å²) in [6.45, 7) is 0.192. The summed E-state index contributed by atoms with van der Waals surface area (Å²) in [7, 11) is 0. The quantitative estimate of drug-likeness (QED) is 0.622. The van der Waals surface area contributed by atoms with E-state index in [9.17, 15) is 14.0 Å². The van der Waals surface area contributed by atoms with Crippen LogP contribution in [0, 0.1) is 17.7 Å². The molecule has 0 saturated carbocycles. The molecule has 2 amide bonds. The number of hydrogen-bond donors (Lipinski definition) is 0. The standard InChI is InChI=1S/C25H18FNO2/c26-15-11-9-14(10-12-15)13-27-24(28)22-20-16-5-1-2-6-17(16)21(23(22)25(27)29)19-8-4-3-7-18(19)20/h1-12,20-23H,13H2. The average Bonchev–Trinajstić information content (AvgIpc) is 3.01. The van der Waals surface area contributed by atoms with Crippen LogP contribution in [0.5, 0.6) is 0 Å². The Morgan fingerprint density at radius 3 is 1.48 bits per heavy atom. The molecular formula is C25H18FNO2. The Balaban J connectivity index is 1.47. The minimum atomic E-state index is -0.363. The summed E-state index contributed by atoms with van der Waals surface area (Å²) < 4.78 is 13.3. The number of benzene rings is 3. The van der Waals surface area contributed by atoms with Crippen LogP contribution in [0.1, 0.15) is 39.7 Å². The Labute approximate surface area is 167 Å². The number of imide groups is 1. The van der Waals surface area contributed by atoms with Crippen LogP contribution in [-0.4, -0.2) is 16.7 Å². The monoisotopic (exact) mass is 383 g/mol. The predicted molar refractivity (Wildman–Crippen MR) is 106 cm³/mol. The summed E-state index contributed by atoms with van der Waals surface area (Å²) in [6, 6.07) is 22.4. The molecule has 0 spiro atoms. The van der Waals surface area contributed by atoms with Crippen LogP contribution in [0.15, 0.2) is 72.8 Å². The molecular weight excluding hydrogens is 365 g/mol. The van der Waals surface area contributed by atoms with Crippen LogP contribution in [0.25, 0.3) is 0 Å². The zero-order chi connectivity index (χ0) is 19.7. The molecule has 0 radical (unpaired) electrons. The van der Waals surface area contributed by atoms with Crippen LogP contribution in [-0.2, 0) is 16.1 Å². The molecule has 3 nitrogen and oxygen atoms in total. The fourth-order valence-corrected chi connectivity index (χ4v) is 5.67. The number of hydrogen-bond acceptors (Lipinski definition) is 2. The highest BCUT2D eigenvalue weighted by molar-refractivity contribution is 6.07. The lowest BCUT2D eigenvalue weighted by Gasteiger charge is -2.45. The molecule has 2 atom stereocenters. The second-order valence-electron chi connectivity index (χ2n) is 8.15. The van der Waals surface area contributed by atoms with Gasteiger partial charge in [0, 0.05) is 11.8 Å². The third-order valence-corrected chi connectivity index (χ3v) is 6.79. The van der Waals surface area contributed by atoms with Crippen molar-refractivity contribution >= 4 is 11.8 Å². The summed E-state index contributed by atoms with van der Waals surface area (Å²) >= 11 is 0. The van der Waals surface area contributed by atoms with Crippen molar-refractivity contribution in [1.29, 1.82) is 0 Å². The number of amides is 2. The van der Waals surface area contributed by atoms with Gasteiger partial charge in [0.15, 0.2) is 0 Å². The predicted octanol–water partition coefficient (Wildman–Crippen LogP) is 4.22. The summed E-state index contributed by atoms with van der Waals surface area (Å²) in [5.41, 5.74) is 5.43. The van der Waals surface area contributed by atoms with Gasteiger partial charge in [-0.25, -0.2) is 4.39 Å². The second-order valence-corrected chi connectivity index (χ2v) is 8.15. The van der Waals surface area contributed by atoms with Gasteiger partial charge in [0.25, 0.3) is 0 Å². The largest absolute Gasteiger partial charge is 0.278 e. The van der Waals surface area contributed by atoms with Gasteiger partial charge in [-0.2, -0.15) is 0 Å². The van der Waals surface area contributed by atoms with Crippen LogP contribution >= 0.6 is 0 Å². The summed E-state index contributed by atoms with van der Waals surface area (Å²) in [5, 5.41) is 0. The molecule has 0 aromatic heterocycles. The van der Waals surface area contributed by atoms with E-state index in [0.717, 1.165) is 5.56 Å². The van der Waals surface area contributed by atoms with Crippen molar-refractivity contribution < 1.29 is 14.0 Å². The number of likely N-dealkylation sites (tertiary alicyclic amines) is 1. The Morgan fingerprint density at radius 1 is 0.655 bits per heavy atom. The lowest BCUT2D eigenvalue weighted by Crippen LogP contribution is -2.41. The third kappa shape index (κ3) is 2.17. The van der Waals surface area contributed by atoms with E-state index < -0.39 is 0 Å². The van der Waals surface area contributed by atoms with Crippen molar-refractivity contribution in [3.8, 4) is 0 Å². The molecule has 2 bridgehead atoms. The first-order valence-corrected chi connectivity index (χ1v) is 9.92. The molecule has 1 fully saturated rings. The number of nitrogens with zero attached hydrogens (tertiary/aromatic N) is 1. The Kier molecular flexibility index (Phi) is 3.37. The Morgan fingerprint density at radius 2 is 1.07 bits per heavy atom. The Bertz CT molecular complexity index is 1050. The molecule has 3 aromatic rings. The van der Waals surface area contributed by atoms with E-state index in [1.54, 1.807) is 12.1 Å². The molecule has 1 aliphatic heterocycles. The second kappa shape index (κ2) is 5.86. The fourth-order valence-electron chi connectivity index (χ4n) is 5.67. The number of rotatable bonds is 2. The SMILES string of the molecule is O=C1C2C3c4ccccc4C(c4ccccc43)C2C(=O)N1Cc1ccc(F)cc1. The molecule has 2 unspecified atom stereocenters. The smallest absolute Gasteiger partial charge is 0.234 e. The molecule has 3 aliphatic carbocycles. The van der Waals surface area contributed by atoms with E-state index in [0.29, 0.717) is 0 Å². The van der Waals surface area contributed by atoms with Crippen LogP contribution in [0.2, 0.25) is 0 Å². The van der Waals surface area contributed by atoms with Gasteiger partial charge in [-0.1, -0.05) is 60.7 Å². The molecule has 7 rings (SSSR count). The van der Waals surface area contributed by atoms with E-state index in [1.165, 1.54) is 39.3 Å². The van der Waals surface area contributed by atoms with E-state index in [4.69, 9.17) is 0 Å². The van der Waals surface area contributed by atoms with Gasteiger partial charge >= 0.3 is 0 Å². The van der Waals surface area contributed by atoms with Gasteiger partial charge in [-0.3, -0.25) is 14.5 Å². The maximum absolute atomic E-state index is 13.5. The lowest BCUT2D eigenvalue weighted by atomic mass is 9.55. The van der Waals surface area contributed by atoms with Crippen molar-refractivity contribution in [1.82, 2.24) is 4.90 Å². The van der Waals surface area contributed by atoms with Gasteiger partial charge < -0.3 is 0 Å². The van der Waals surface area contributed by atoms with Crippen molar-refractivity contribution in [2.45, 2.75) is 18.4 Å². The van der Waals surface area contributed by atoms with Crippen molar-refractivity contribution in [2.24, 2.45) is 11.8 Å². The van der Waals surface area contributed by atoms with Crippen LogP contribution < -0.4 is 0 Å². The Hall–Kier alpha value is -3.27. The first kappa shape index (κ1) is 16.7. The molecule has 1 heterocycles. The van der Waals surface area contributed by atoms with Gasteiger partial charge in [0.2, 0.25) is 11.8 Å². The summed E-state index contributed by atoms with van der Waals surface area (Å²) in [5.74, 6) is -1.45. The van der Waals surface area contributed by atoms with Gasteiger partial charge in [0.05, 0.1) is 18.4 Å². The fraction of sp³-hybridized carbons (Fsp3) is 0.200. The van der Waals surface area contributed by atoms with Crippen LogP contribution in [0.4, 0.5) is 4.39 Å². The minimum Gasteiger partial charge on any atom is -0.278 e. The molecule has 1 saturated heterocycles. The maximum Gasteiger partial charge on any atom is 0.234 e. The van der Waals surface area contributed by atoms with E-state index >= 15 is 0 Å². The first-order chi connectivity index (χ1) is 14.1. The van der Waals surface area contributed by atoms with Gasteiger partial charge in [-0.05, 0) is 39.9 Å². The number of carbonyl (C=O) groups excluding carboxylic acids is 2. The average molecular weight is 383 g/mol. The molecule has 3 aromatic carbocycles. The normalized spacial score (nSPS) is 26.3.